The van der Waals surface area contributed by atoms with E-state index in [-0.39, 0.29) is 5.91 Å². The second-order valence-corrected chi connectivity index (χ2v) is 7.29. The van der Waals surface area contributed by atoms with Crippen molar-refractivity contribution in [3.05, 3.63) is 83.8 Å². The van der Waals surface area contributed by atoms with Crippen LogP contribution in [0.15, 0.2) is 67.0 Å². The van der Waals surface area contributed by atoms with Crippen LogP contribution in [0, 0.1) is 0 Å². The van der Waals surface area contributed by atoms with E-state index >= 15 is 0 Å². The molecule has 0 spiro atoms. The molecule has 0 unspecified atom stereocenters. The number of amides is 1. The van der Waals surface area contributed by atoms with Crippen LogP contribution in [-0.2, 0) is 13.0 Å². The number of hydrogen-bond donors (Lipinski definition) is 1. The number of aromatic amines is 1. The molecule has 0 radical (unpaired) electrons. The molecule has 5 rings (SSSR count). The number of pyridine rings is 1. The van der Waals surface area contributed by atoms with Crippen molar-refractivity contribution in [1.82, 2.24) is 14.9 Å². The first kappa shape index (κ1) is 17.5. The fourth-order valence-corrected chi connectivity index (χ4v) is 4.02. The Morgan fingerprint density at radius 1 is 1.10 bits per heavy atom. The molecular weight excluding hydrogens is 362 g/mol. The summed E-state index contributed by atoms with van der Waals surface area (Å²) in [6, 6.07) is 18.2. The van der Waals surface area contributed by atoms with Crippen molar-refractivity contribution in [2.75, 3.05) is 13.7 Å². The smallest absolute Gasteiger partial charge is 0.255 e. The van der Waals surface area contributed by atoms with Crippen LogP contribution in [0.25, 0.3) is 22.0 Å². The fraction of sp³-hybridized carbons (Fsp3) is 0.167. The van der Waals surface area contributed by atoms with E-state index in [2.05, 4.69) is 40.3 Å². The summed E-state index contributed by atoms with van der Waals surface area (Å²) in [7, 11) is 1.67. The van der Waals surface area contributed by atoms with Gasteiger partial charge in [-0.3, -0.25) is 9.78 Å². The minimum atomic E-state index is 0.0319. The maximum atomic E-state index is 12.9. The highest BCUT2D eigenvalue weighted by Gasteiger charge is 2.25. The molecule has 144 valence electrons. The Hall–Kier alpha value is -3.60. The van der Waals surface area contributed by atoms with Gasteiger partial charge in [-0.05, 0) is 47.5 Å². The summed E-state index contributed by atoms with van der Waals surface area (Å²) in [6.45, 7) is 1.31. The molecule has 0 saturated heterocycles. The standard InChI is InChI=1S/C24H21N3O2/c1-29-19-7-4-16(5-8-19)17-6-9-22-20(13-17)21-15-27(12-10-23(21)26-22)24(28)18-3-2-11-25-14-18/h2-9,11,13-14,26H,10,12,15H2,1H3. The summed E-state index contributed by atoms with van der Waals surface area (Å²) < 4.78 is 5.26. The molecule has 1 aliphatic heterocycles. The fourth-order valence-electron chi connectivity index (χ4n) is 4.02. The number of aromatic nitrogens is 2. The number of rotatable bonds is 3. The first-order valence-electron chi connectivity index (χ1n) is 9.70. The lowest BCUT2D eigenvalue weighted by Crippen LogP contribution is -2.35. The van der Waals surface area contributed by atoms with Gasteiger partial charge < -0.3 is 14.6 Å². The molecule has 2 aromatic carbocycles. The second-order valence-electron chi connectivity index (χ2n) is 7.29. The van der Waals surface area contributed by atoms with Crippen LogP contribution in [0.2, 0.25) is 0 Å². The Bertz CT molecular complexity index is 1180. The van der Waals surface area contributed by atoms with Gasteiger partial charge in [0, 0.05) is 54.1 Å². The molecule has 4 aromatic rings. The van der Waals surface area contributed by atoms with E-state index in [1.807, 2.05) is 23.1 Å². The van der Waals surface area contributed by atoms with Crippen molar-refractivity contribution in [2.45, 2.75) is 13.0 Å². The Morgan fingerprint density at radius 2 is 1.93 bits per heavy atom. The monoisotopic (exact) mass is 383 g/mol. The van der Waals surface area contributed by atoms with Gasteiger partial charge in [-0.1, -0.05) is 18.2 Å². The molecule has 5 heteroatoms. The minimum Gasteiger partial charge on any atom is -0.497 e. The normalized spacial score (nSPS) is 13.3. The van der Waals surface area contributed by atoms with Gasteiger partial charge in [0.1, 0.15) is 5.75 Å². The van der Waals surface area contributed by atoms with Gasteiger partial charge in [0.25, 0.3) is 5.91 Å². The largest absolute Gasteiger partial charge is 0.497 e. The number of fused-ring (bicyclic) bond motifs is 3. The molecule has 0 aliphatic carbocycles. The van der Waals surface area contributed by atoms with Crippen LogP contribution in [0.5, 0.6) is 5.75 Å². The zero-order valence-electron chi connectivity index (χ0n) is 16.2. The van der Waals surface area contributed by atoms with Gasteiger partial charge in [-0.25, -0.2) is 0 Å². The number of ether oxygens (including phenoxy) is 1. The maximum Gasteiger partial charge on any atom is 0.255 e. The summed E-state index contributed by atoms with van der Waals surface area (Å²) in [5.41, 5.74) is 6.47. The Kier molecular flexibility index (Phi) is 4.28. The van der Waals surface area contributed by atoms with Gasteiger partial charge in [0.05, 0.1) is 12.7 Å². The number of H-pyrrole nitrogens is 1. The van der Waals surface area contributed by atoms with Crippen molar-refractivity contribution in [3.8, 4) is 16.9 Å². The molecular formula is C24H21N3O2. The molecule has 0 atom stereocenters. The second kappa shape index (κ2) is 7.09. The lowest BCUT2D eigenvalue weighted by atomic mass is 9.99. The summed E-state index contributed by atoms with van der Waals surface area (Å²) in [5, 5.41) is 1.18. The van der Waals surface area contributed by atoms with Crippen LogP contribution in [0.4, 0.5) is 0 Å². The molecule has 0 bridgehead atoms. The number of hydrogen-bond acceptors (Lipinski definition) is 3. The van der Waals surface area contributed by atoms with Crippen molar-refractivity contribution in [2.24, 2.45) is 0 Å². The van der Waals surface area contributed by atoms with Crippen LogP contribution >= 0.6 is 0 Å². The Labute approximate surface area is 169 Å². The molecule has 3 heterocycles. The van der Waals surface area contributed by atoms with E-state index in [1.165, 1.54) is 16.6 Å². The number of carbonyl (C=O) groups excluding carboxylic acids is 1. The number of benzene rings is 2. The van der Waals surface area contributed by atoms with Crippen LogP contribution < -0.4 is 4.74 Å². The lowest BCUT2D eigenvalue weighted by molar-refractivity contribution is 0.0734. The van der Waals surface area contributed by atoms with E-state index in [1.54, 1.807) is 25.6 Å². The Morgan fingerprint density at radius 3 is 2.69 bits per heavy atom. The van der Waals surface area contributed by atoms with E-state index in [0.717, 1.165) is 28.8 Å². The van der Waals surface area contributed by atoms with Gasteiger partial charge in [0.2, 0.25) is 0 Å². The quantitative estimate of drug-likeness (QED) is 0.569. The van der Waals surface area contributed by atoms with Crippen LogP contribution in [0.3, 0.4) is 0 Å². The lowest BCUT2D eigenvalue weighted by Gasteiger charge is -2.27. The molecule has 0 saturated carbocycles. The van der Waals surface area contributed by atoms with Crippen LogP contribution in [-0.4, -0.2) is 34.4 Å². The summed E-state index contributed by atoms with van der Waals surface area (Å²) in [4.78, 5) is 22.4. The molecule has 29 heavy (non-hydrogen) atoms. The molecule has 1 amide bonds. The predicted octanol–water partition coefficient (Wildman–Crippen LogP) is 4.44. The summed E-state index contributed by atoms with van der Waals surface area (Å²) in [5.74, 6) is 0.878. The number of nitrogens with one attached hydrogen (secondary N) is 1. The maximum absolute atomic E-state index is 12.9. The number of nitrogens with zero attached hydrogens (tertiary/aromatic N) is 2. The third kappa shape index (κ3) is 3.14. The molecule has 2 aromatic heterocycles. The van der Waals surface area contributed by atoms with Crippen molar-refractivity contribution < 1.29 is 9.53 Å². The first-order chi connectivity index (χ1) is 14.2. The zero-order valence-corrected chi connectivity index (χ0v) is 16.2. The highest BCUT2D eigenvalue weighted by Crippen LogP contribution is 2.32. The van der Waals surface area contributed by atoms with Gasteiger partial charge in [-0.2, -0.15) is 0 Å². The van der Waals surface area contributed by atoms with Gasteiger partial charge >= 0.3 is 0 Å². The molecule has 5 nitrogen and oxygen atoms in total. The number of methoxy groups -OCH3 is 1. The topological polar surface area (TPSA) is 58.2 Å². The Balaban J connectivity index is 1.49. The molecule has 1 aliphatic rings. The van der Waals surface area contributed by atoms with Gasteiger partial charge in [0.15, 0.2) is 0 Å². The van der Waals surface area contributed by atoms with Gasteiger partial charge in [-0.15, -0.1) is 0 Å². The minimum absolute atomic E-state index is 0.0319. The third-order valence-electron chi connectivity index (χ3n) is 5.59. The summed E-state index contributed by atoms with van der Waals surface area (Å²) >= 11 is 0. The van der Waals surface area contributed by atoms with E-state index in [4.69, 9.17) is 4.74 Å². The van der Waals surface area contributed by atoms with Crippen molar-refractivity contribution in [1.29, 1.82) is 0 Å². The van der Waals surface area contributed by atoms with E-state index < -0.39 is 0 Å². The zero-order chi connectivity index (χ0) is 19.8. The first-order valence-corrected chi connectivity index (χ1v) is 9.70. The molecule has 1 N–H and O–H groups in total. The third-order valence-corrected chi connectivity index (χ3v) is 5.59. The average molecular weight is 383 g/mol. The van der Waals surface area contributed by atoms with Crippen molar-refractivity contribution in [3.63, 3.8) is 0 Å². The van der Waals surface area contributed by atoms with Crippen LogP contribution in [0.1, 0.15) is 21.6 Å². The van der Waals surface area contributed by atoms with Crippen molar-refractivity contribution >= 4 is 16.8 Å². The SMILES string of the molecule is COc1ccc(-c2ccc3[nH]c4c(c3c2)CN(C(=O)c2cccnc2)CC4)cc1. The summed E-state index contributed by atoms with van der Waals surface area (Å²) in [6.07, 6.45) is 4.15. The highest BCUT2D eigenvalue weighted by atomic mass is 16.5. The number of carbonyl (C=O) groups is 1. The average Bonchev–Trinajstić information content (AvgIpc) is 3.16. The molecule has 0 fully saturated rings. The van der Waals surface area contributed by atoms with E-state index in [0.29, 0.717) is 18.7 Å². The predicted molar refractivity (Wildman–Crippen MR) is 113 cm³/mol. The highest BCUT2D eigenvalue weighted by molar-refractivity contribution is 5.95. The van der Waals surface area contributed by atoms with E-state index in [9.17, 15) is 4.79 Å².